The van der Waals surface area contributed by atoms with E-state index in [4.69, 9.17) is 11.5 Å². The van der Waals surface area contributed by atoms with Gasteiger partial charge in [-0.15, -0.1) is 0 Å². The van der Waals surface area contributed by atoms with Crippen LogP contribution in [0.4, 0.5) is 0 Å². The van der Waals surface area contributed by atoms with Crippen LogP contribution < -0.4 is 22.1 Å². The molecule has 2 heterocycles. The second kappa shape index (κ2) is 13.5. The highest BCUT2D eigenvalue weighted by Crippen LogP contribution is 2.22. The number of rotatable bonds is 13. The van der Waals surface area contributed by atoms with Crippen molar-refractivity contribution in [1.29, 1.82) is 0 Å². The molecule has 12 heteroatoms. The number of carboxylic acids is 1. The summed E-state index contributed by atoms with van der Waals surface area (Å²) >= 11 is 4.04. The molecule has 202 valence electrons. The largest absolute Gasteiger partial charge is 0.480 e. The fourth-order valence-corrected chi connectivity index (χ4v) is 4.77. The lowest BCUT2D eigenvalue weighted by molar-refractivity contribution is -0.145. The number of carboxylic acid groups (broad SMARTS) is 1. The first-order chi connectivity index (χ1) is 17.8. The van der Waals surface area contributed by atoms with E-state index in [0.29, 0.717) is 45.2 Å². The Morgan fingerprint density at radius 2 is 1.92 bits per heavy atom. The maximum Gasteiger partial charge on any atom is 0.326 e. The summed E-state index contributed by atoms with van der Waals surface area (Å²) in [5, 5.41) is 16.0. The highest BCUT2D eigenvalue weighted by atomic mass is 32.1. The highest BCUT2D eigenvalue weighted by Gasteiger charge is 2.39. The summed E-state index contributed by atoms with van der Waals surface area (Å²) in [6.45, 7) is 0.783. The minimum atomic E-state index is -1.17. The molecule has 2 aromatic rings. The number of amides is 3. The lowest BCUT2D eigenvalue weighted by Gasteiger charge is -2.30. The fourth-order valence-electron chi connectivity index (χ4n) is 4.60. The van der Waals surface area contributed by atoms with Gasteiger partial charge in [-0.25, -0.2) is 4.79 Å². The van der Waals surface area contributed by atoms with E-state index >= 15 is 0 Å². The number of aromatic amines is 1. The van der Waals surface area contributed by atoms with Gasteiger partial charge in [-0.05, 0) is 50.3 Å². The van der Waals surface area contributed by atoms with Crippen LogP contribution in [0.25, 0.3) is 10.9 Å². The molecule has 1 saturated heterocycles. The molecule has 37 heavy (non-hydrogen) atoms. The van der Waals surface area contributed by atoms with Crippen LogP contribution in [0.1, 0.15) is 37.7 Å². The Morgan fingerprint density at radius 3 is 2.62 bits per heavy atom. The van der Waals surface area contributed by atoms with E-state index in [1.807, 2.05) is 24.3 Å². The summed E-state index contributed by atoms with van der Waals surface area (Å²) in [5.74, 6) is -2.46. The molecule has 0 spiro atoms. The number of nitrogens with one attached hydrogen (secondary N) is 3. The fraction of sp³-hybridized carbons (Fsp3) is 0.520. The molecule has 0 saturated carbocycles. The van der Waals surface area contributed by atoms with Crippen LogP contribution in [0.5, 0.6) is 0 Å². The molecule has 1 aromatic carbocycles. The van der Waals surface area contributed by atoms with Crippen LogP contribution in [0, 0.1) is 0 Å². The number of hydrogen-bond acceptors (Lipinski definition) is 7. The number of H-pyrrole nitrogens is 1. The molecule has 3 rings (SSSR count). The summed E-state index contributed by atoms with van der Waals surface area (Å²) in [6, 6.07) is 3.79. The average Bonchev–Trinajstić information content (AvgIpc) is 3.54. The van der Waals surface area contributed by atoms with E-state index in [2.05, 4.69) is 28.2 Å². The van der Waals surface area contributed by atoms with Crippen molar-refractivity contribution < 1.29 is 24.3 Å². The third kappa shape index (κ3) is 7.24. The summed E-state index contributed by atoms with van der Waals surface area (Å²) in [7, 11) is 0. The molecular formula is C25H36N6O5S. The Bertz CT molecular complexity index is 1110. The quantitative estimate of drug-likeness (QED) is 0.141. The van der Waals surface area contributed by atoms with Crippen molar-refractivity contribution in [2.75, 3.05) is 18.8 Å². The van der Waals surface area contributed by atoms with Crippen LogP contribution in [0.3, 0.4) is 0 Å². The zero-order chi connectivity index (χ0) is 26.9. The van der Waals surface area contributed by atoms with E-state index in [1.54, 1.807) is 6.20 Å². The van der Waals surface area contributed by atoms with Crippen LogP contribution in [0.2, 0.25) is 0 Å². The monoisotopic (exact) mass is 532 g/mol. The molecule has 4 unspecified atom stereocenters. The van der Waals surface area contributed by atoms with Crippen LogP contribution in [0.15, 0.2) is 30.5 Å². The topological polar surface area (TPSA) is 184 Å². The minimum absolute atomic E-state index is 0.0884. The second-order valence-electron chi connectivity index (χ2n) is 9.29. The SMILES string of the molecule is NCCCCC(NC(=O)C(N)CS)C(=O)N1CCCC1C(=O)NC(Cc1c[nH]c2ccccc12)C(=O)O. The number of nitrogens with zero attached hydrogens (tertiary/aromatic N) is 1. The second-order valence-corrected chi connectivity index (χ2v) is 9.65. The number of thiol groups is 1. The van der Waals surface area contributed by atoms with Crippen LogP contribution in [-0.4, -0.2) is 81.7 Å². The van der Waals surface area contributed by atoms with Gasteiger partial charge in [-0.3, -0.25) is 14.4 Å². The van der Waals surface area contributed by atoms with Crippen molar-refractivity contribution in [3.63, 3.8) is 0 Å². The molecule has 0 bridgehead atoms. The summed E-state index contributed by atoms with van der Waals surface area (Å²) in [5.41, 5.74) is 13.0. The lowest BCUT2D eigenvalue weighted by atomic mass is 10.0. The van der Waals surface area contributed by atoms with Gasteiger partial charge in [0, 0.05) is 35.8 Å². The first-order valence-electron chi connectivity index (χ1n) is 12.5. The molecule has 0 aliphatic carbocycles. The number of unbranched alkanes of at least 4 members (excludes halogenated alkanes) is 1. The predicted octanol–water partition coefficient (Wildman–Crippen LogP) is 0.142. The molecule has 1 aromatic heterocycles. The average molecular weight is 533 g/mol. The maximum atomic E-state index is 13.4. The minimum Gasteiger partial charge on any atom is -0.480 e. The molecular weight excluding hydrogens is 496 g/mol. The molecule has 4 atom stereocenters. The number of aromatic nitrogens is 1. The van der Waals surface area contributed by atoms with Gasteiger partial charge in [0.1, 0.15) is 18.1 Å². The van der Waals surface area contributed by atoms with Crippen molar-refractivity contribution in [1.82, 2.24) is 20.5 Å². The summed E-state index contributed by atoms with van der Waals surface area (Å²) in [4.78, 5) is 55.6. The van der Waals surface area contributed by atoms with Crippen LogP contribution >= 0.6 is 12.6 Å². The van der Waals surface area contributed by atoms with E-state index in [9.17, 15) is 24.3 Å². The Hall–Kier alpha value is -3.09. The number of aliphatic carboxylic acids is 1. The third-order valence-corrected chi connectivity index (χ3v) is 7.04. The third-order valence-electron chi connectivity index (χ3n) is 6.65. The number of nitrogens with two attached hydrogens (primary N) is 2. The highest BCUT2D eigenvalue weighted by molar-refractivity contribution is 7.80. The van der Waals surface area contributed by atoms with Gasteiger partial charge in [0.2, 0.25) is 17.7 Å². The van der Waals surface area contributed by atoms with Gasteiger partial charge < -0.3 is 37.1 Å². The normalized spacial score (nSPS) is 17.8. The smallest absolute Gasteiger partial charge is 0.326 e. The van der Waals surface area contributed by atoms with E-state index in [0.717, 1.165) is 16.5 Å². The number of carbonyl (C=O) groups excluding carboxylic acids is 3. The van der Waals surface area contributed by atoms with Gasteiger partial charge in [0.25, 0.3) is 0 Å². The number of benzene rings is 1. The molecule has 1 fully saturated rings. The van der Waals surface area contributed by atoms with Gasteiger partial charge in [-0.1, -0.05) is 18.2 Å². The Balaban J connectivity index is 1.71. The lowest BCUT2D eigenvalue weighted by Crippen LogP contribution is -2.57. The van der Waals surface area contributed by atoms with Gasteiger partial charge >= 0.3 is 5.97 Å². The van der Waals surface area contributed by atoms with Gasteiger partial charge in [0.15, 0.2) is 0 Å². The van der Waals surface area contributed by atoms with E-state index < -0.39 is 47.9 Å². The van der Waals surface area contributed by atoms with Crippen molar-refractivity contribution in [2.45, 2.75) is 62.7 Å². The van der Waals surface area contributed by atoms with Crippen LogP contribution in [-0.2, 0) is 25.6 Å². The maximum absolute atomic E-state index is 13.4. The Labute approximate surface area is 221 Å². The number of likely N-dealkylation sites (tertiary alicyclic amines) is 1. The molecule has 3 amide bonds. The van der Waals surface area contributed by atoms with Crippen molar-refractivity contribution in [3.8, 4) is 0 Å². The number of carbonyl (C=O) groups is 4. The predicted molar refractivity (Wildman–Crippen MR) is 143 cm³/mol. The molecule has 0 radical (unpaired) electrons. The summed E-state index contributed by atoms with van der Waals surface area (Å²) in [6.07, 6.45) is 4.45. The van der Waals surface area contributed by atoms with Crippen molar-refractivity contribution >= 4 is 47.2 Å². The van der Waals surface area contributed by atoms with Gasteiger partial charge in [-0.2, -0.15) is 12.6 Å². The van der Waals surface area contributed by atoms with E-state index in [1.165, 1.54) is 4.90 Å². The molecule has 1 aliphatic rings. The zero-order valence-electron chi connectivity index (χ0n) is 20.7. The zero-order valence-corrected chi connectivity index (χ0v) is 21.6. The number of para-hydroxylation sites is 1. The number of fused-ring (bicyclic) bond motifs is 1. The first-order valence-corrected chi connectivity index (χ1v) is 13.2. The number of hydrogen-bond donors (Lipinski definition) is 7. The van der Waals surface area contributed by atoms with Crippen molar-refractivity contribution in [2.24, 2.45) is 11.5 Å². The Morgan fingerprint density at radius 1 is 1.16 bits per heavy atom. The Kier molecular flexibility index (Phi) is 10.4. The standard InChI is InChI=1S/C25H36N6O5S/c26-10-4-3-8-19(29-22(32)17(27)14-37)24(34)31-11-5-9-21(31)23(33)30-20(25(35)36)12-15-13-28-18-7-2-1-6-16(15)18/h1-2,6-7,13,17,19-21,28,37H,3-5,8-12,14,26-27H2,(H,29,32)(H,30,33)(H,35,36). The summed E-state index contributed by atoms with van der Waals surface area (Å²) < 4.78 is 0. The van der Waals surface area contributed by atoms with Crippen molar-refractivity contribution in [3.05, 3.63) is 36.0 Å². The van der Waals surface area contributed by atoms with Gasteiger partial charge in [0.05, 0.1) is 6.04 Å². The van der Waals surface area contributed by atoms with E-state index in [-0.39, 0.29) is 12.2 Å². The molecule has 8 N–H and O–H groups in total. The molecule has 1 aliphatic heterocycles. The molecule has 11 nitrogen and oxygen atoms in total. The first kappa shape index (κ1) is 28.5.